The van der Waals surface area contributed by atoms with Gasteiger partial charge in [0.15, 0.2) is 0 Å². The summed E-state index contributed by atoms with van der Waals surface area (Å²) in [6.45, 7) is 1.08. The van der Waals surface area contributed by atoms with Gasteiger partial charge in [-0.1, -0.05) is 23.2 Å². The summed E-state index contributed by atoms with van der Waals surface area (Å²) >= 11 is 11.1. The highest BCUT2D eigenvalue weighted by molar-refractivity contribution is 6.32. The lowest BCUT2D eigenvalue weighted by Gasteiger charge is -1.86. The first-order valence-electron chi connectivity index (χ1n) is 3.13. The van der Waals surface area contributed by atoms with Gasteiger partial charge < -0.3 is 5.11 Å². The normalized spacial score (nSPS) is 8.25. The number of aliphatic carboxylic acids is 1. The number of carboxylic acid groups (broad SMARTS) is 1. The fourth-order valence-corrected chi connectivity index (χ4v) is 0.682. The third kappa shape index (κ3) is 7.38. The molecule has 0 aromatic heterocycles. The SMILES string of the molecule is CC(=O)O.Clc1ccc(Cl)cc1. The summed E-state index contributed by atoms with van der Waals surface area (Å²) in [5.41, 5.74) is 0. The van der Waals surface area contributed by atoms with Crippen LogP contribution in [0.1, 0.15) is 6.92 Å². The maximum atomic E-state index is 9.00. The monoisotopic (exact) mass is 206 g/mol. The van der Waals surface area contributed by atoms with Crippen molar-refractivity contribution in [3.63, 3.8) is 0 Å². The Morgan fingerprint density at radius 3 is 1.50 bits per heavy atom. The highest BCUT2D eigenvalue weighted by Gasteiger charge is 1.83. The molecule has 0 bridgehead atoms. The fraction of sp³-hybridized carbons (Fsp3) is 0.125. The van der Waals surface area contributed by atoms with E-state index in [1.54, 1.807) is 24.3 Å². The highest BCUT2D eigenvalue weighted by atomic mass is 35.5. The molecule has 0 atom stereocenters. The van der Waals surface area contributed by atoms with Crippen LogP contribution in [0.25, 0.3) is 0 Å². The number of benzene rings is 1. The lowest BCUT2D eigenvalue weighted by atomic mass is 10.4. The van der Waals surface area contributed by atoms with E-state index in [0.29, 0.717) is 0 Å². The van der Waals surface area contributed by atoms with E-state index in [-0.39, 0.29) is 0 Å². The molecule has 0 spiro atoms. The predicted octanol–water partition coefficient (Wildman–Crippen LogP) is 3.08. The molecule has 0 fully saturated rings. The van der Waals surface area contributed by atoms with E-state index in [1.165, 1.54) is 0 Å². The van der Waals surface area contributed by atoms with Crippen LogP contribution in [0.2, 0.25) is 10.0 Å². The van der Waals surface area contributed by atoms with Gasteiger partial charge in [0.2, 0.25) is 0 Å². The largest absolute Gasteiger partial charge is 0.481 e. The molecular formula is C8H8Cl2O2. The summed E-state index contributed by atoms with van der Waals surface area (Å²) in [4.78, 5) is 9.00. The van der Waals surface area contributed by atoms with Gasteiger partial charge in [-0.05, 0) is 24.3 Å². The van der Waals surface area contributed by atoms with Crippen LogP contribution in [0.3, 0.4) is 0 Å². The van der Waals surface area contributed by atoms with E-state index in [0.717, 1.165) is 17.0 Å². The van der Waals surface area contributed by atoms with Crippen molar-refractivity contribution in [2.75, 3.05) is 0 Å². The molecule has 1 rings (SSSR count). The standard InChI is InChI=1S/C6H4Cl2.C2H4O2/c7-5-1-2-6(8)4-3-5;1-2(3)4/h1-4H;1H3,(H,3,4). The van der Waals surface area contributed by atoms with E-state index >= 15 is 0 Å². The van der Waals surface area contributed by atoms with Gasteiger partial charge in [0.05, 0.1) is 0 Å². The van der Waals surface area contributed by atoms with E-state index in [4.69, 9.17) is 33.1 Å². The van der Waals surface area contributed by atoms with E-state index in [9.17, 15) is 0 Å². The number of hydrogen-bond acceptors (Lipinski definition) is 1. The van der Waals surface area contributed by atoms with Gasteiger partial charge in [0, 0.05) is 17.0 Å². The van der Waals surface area contributed by atoms with Crippen LogP contribution in [0.4, 0.5) is 0 Å². The van der Waals surface area contributed by atoms with Gasteiger partial charge in [-0.15, -0.1) is 0 Å². The Bertz CT molecular complexity index is 219. The van der Waals surface area contributed by atoms with Crippen LogP contribution >= 0.6 is 23.2 Å². The predicted molar refractivity (Wildman–Crippen MR) is 49.8 cm³/mol. The van der Waals surface area contributed by atoms with E-state index in [2.05, 4.69) is 0 Å². The van der Waals surface area contributed by atoms with E-state index < -0.39 is 5.97 Å². The van der Waals surface area contributed by atoms with Gasteiger partial charge >= 0.3 is 0 Å². The molecule has 0 aliphatic heterocycles. The zero-order valence-electron chi connectivity index (χ0n) is 6.42. The number of hydrogen-bond donors (Lipinski definition) is 1. The lowest BCUT2D eigenvalue weighted by molar-refractivity contribution is -0.134. The van der Waals surface area contributed by atoms with E-state index in [1.807, 2.05) is 0 Å². The minimum Gasteiger partial charge on any atom is -0.481 e. The Morgan fingerprint density at radius 1 is 1.17 bits per heavy atom. The summed E-state index contributed by atoms with van der Waals surface area (Å²) in [5, 5.41) is 8.85. The Hall–Kier alpha value is -0.730. The summed E-state index contributed by atoms with van der Waals surface area (Å²) < 4.78 is 0. The minimum absolute atomic E-state index is 0.717. The zero-order valence-corrected chi connectivity index (χ0v) is 7.93. The first-order chi connectivity index (χ1) is 5.52. The van der Waals surface area contributed by atoms with Crippen LogP contribution in [-0.4, -0.2) is 11.1 Å². The topological polar surface area (TPSA) is 37.3 Å². The van der Waals surface area contributed by atoms with Crippen molar-refractivity contribution in [1.82, 2.24) is 0 Å². The number of carbonyl (C=O) groups is 1. The molecular weight excluding hydrogens is 199 g/mol. The van der Waals surface area contributed by atoms with Gasteiger partial charge in [-0.2, -0.15) is 0 Å². The summed E-state index contributed by atoms with van der Waals surface area (Å²) in [6, 6.07) is 7.02. The van der Waals surface area contributed by atoms with Gasteiger partial charge in [0.1, 0.15) is 0 Å². The highest BCUT2D eigenvalue weighted by Crippen LogP contribution is 2.12. The van der Waals surface area contributed by atoms with Gasteiger partial charge in [0.25, 0.3) is 5.97 Å². The summed E-state index contributed by atoms with van der Waals surface area (Å²) in [7, 11) is 0. The Morgan fingerprint density at radius 2 is 1.33 bits per heavy atom. The van der Waals surface area contributed by atoms with Crippen LogP contribution < -0.4 is 0 Å². The first kappa shape index (κ1) is 11.3. The Labute approximate surface area is 80.7 Å². The molecule has 0 aliphatic rings. The molecule has 0 saturated heterocycles. The Balaban J connectivity index is 0.000000261. The maximum absolute atomic E-state index is 9.00. The molecule has 66 valence electrons. The third-order valence-electron chi connectivity index (χ3n) is 0.804. The Kier molecular flexibility index (Phi) is 5.51. The molecule has 2 nitrogen and oxygen atoms in total. The third-order valence-corrected chi connectivity index (χ3v) is 1.31. The molecule has 0 heterocycles. The molecule has 0 aliphatic carbocycles. The first-order valence-corrected chi connectivity index (χ1v) is 3.88. The number of carboxylic acids is 1. The molecule has 1 aromatic carbocycles. The average Bonchev–Trinajstić information content (AvgIpc) is 1.94. The second-order valence-electron chi connectivity index (χ2n) is 1.96. The van der Waals surface area contributed by atoms with Crippen molar-refractivity contribution >= 4 is 29.2 Å². The molecule has 0 saturated carbocycles. The smallest absolute Gasteiger partial charge is 0.300 e. The molecule has 0 amide bonds. The van der Waals surface area contributed by atoms with Crippen LogP contribution in [0.5, 0.6) is 0 Å². The molecule has 0 radical (unpaired) electrons. The van der Waals surface area contributed by atoms with Crippen molar-refractivity contribution < 1.29 is 9.90 Å². The average molecular weight is 207 g/mol. The van der Waals surface area contributed by atoms with Crippen molar-refractivity contribution in [3.8, 4) is 0 Å². The van der Waals surface area contributed by atoms with Crippen LogP contribution in [0, 0.1) is 0 Å². The van der Waals surface area contributed by atoms with Crippen LogP contribution in [-0.2, 0) is 4.79 Å². The molecule has 0 unspecified atom stereocenters. The quantitative estimate of drug-likeness (QED) is 0.709. The molecule has 12 heavy (non-hydrogen) atoms. The van der Waals surface area contributed by atoms with Crippen molar-refractivity contribution in [2.24, 2.45) is 0 Å². The zero-order chi connectivity index (χ0) is 9.56. The van der Waals surface area contributed by atoms with Crippen molar-refractivity contribution in [2.45, 2.75) is 6.92 Å². The molecule has 1 N–H and O–H groups in total. The van der Waals surface area contributed by atoms with Crippen LogP contribution in [0.15, 0.2) is 24.3 Å². The van der Waals surface area contributed by atoms with Gasteiger partial charge in [-0.25, -0.2) is 0 Å². The van der Waals surface area contributed by atoms with Crippen molar-refractivity contribution in [3.05, 3.63) is 34.3 Å². The number of halogens is 2. The van der Waals surface area contributed by atoms with Crippen molar-refractivity contribution in [1.29, 1.82) is 0 Å². The lowest BCUT2D eigenvalue weighted by Crippen LogP contribution is -1.78. The summed E-state index contributed by atoms with van der Waals surface area (Å²) in [5.74, 6) is -0.833. The second-order valence-corrected chi connectivity index (χ2v) is 2.83. The molecule has 4 heteroatoms. The van der Waals surface area contributed by atoms with Gasteiger partial charge in [-0.3, -0.25) is 4.79 Å². The molecule has 1 aromatic rings. The number of rotatable bonds is 0. The fourth-order valence-electron chi connectivity index (χ4n) is 0.430. The maximum Gasteiger partial charge on any atom is 0.300 e. The minimum atomic E-state index is -0.833. The second kappa shape index (κ2) is 5.86. The summed E-state index contributed by atoms with van der Waals surface area (Å²) in [6.07, 6.45) is 0.